The molecule has 0 bridgehead atoms. The smallest absolute Gasteiger partial charge is 0.251 e. The summed E-state index contributed by atoms with van der Waals surface area (Å²) < 4.78 is 0. The van der Waals surface area contributed by atoms with Crippen LogP contribution in [0.25, 0.3) is 0 Å². The SMILES string of the molecule is N#CCNC(=O)CNC(=O)c1ccc(N)cc1. The number of nitriles is 1. The lowest BCUT2D eigenvalue weighted by Crippen LogP contribution is -2.37. The van der Waals surface area contributed by atoms with Crippen molar-refractivity contribution in [3.05, 3.63) is 29.8 Å². The van der Waals surface area contributed by atoms with Gasteiger partial charge in [-0.25, -0.2) is 0 Å². The van der Waals surface area contributed by atoms with Crippen molar-refractivity contribution in [2.45, 2.75) is 0 Å². The lowest BCUT2D eigenvalue weighted by molar-refractivity contribution is -0.119. The lowest BCUT2D eigenvalue weighted by atomic mass is 10.2. The zero-order valence-corrected chi connectivity index (χ0v) is 9.06. The fourth-order valence-electron chi connectivity index (χ4n) is 1.10. The van der Waals surface area contributed by atoms with Crippen LogP contribution in [0.2, 0.25) is 0 Å². The molecule has 4 N–H and O–H groups in total. The molecule has 0 heterocycles. The minimum absolute atomic E-state index is 0.0728. The normalized spacial score (nSPS) is 9.12. The van der Waals surface area contributed by atoms with E-state index in [1.165, 1.54) is 0 Å². The van der Waals surface area contributed by atoms with Gasteiger partial charge in [-0.2, -0.15) is 5.26 Å². The first-order chi connectivity index (χ1) is 8.13. The molecule has 0 unspecified atom stereocenters. The van der Waals surface area contributed by atoms with Gasteiger partial charge in [-0.15, -0.1) is 0 Å². The number of anilines is 1. The molecular formula is C11H12N4O2. The van der Waals surface area contributed by atoms with Gasteiger partial charge in [0.05, 0.1) is 12.6 Å². The van der Waals surface area contributed by atoms with Gasteiger partial charge in [0, 0.05) is 11.3 Å². The van der Waals surface area contributed by atoms with E-state index in [1.807, 2.05) is 0 Å². The Labute approximate surface area is 98.4 Å². The number of carbonyl (C=O) groups is 2. The Morgan fingerprint density at radius 1 is 1.24 bits per heavy atom. The number of carbonyl (C=O) groups excluding carboxylic acids is 2. The lowest BCUT2D eigenvalue weighted by Gasteiger charge is -2.04. The molecule has 0 aliphatic carbocycles. The van der Waals surface area contributed by atoms with Crippen LogP contribution < -0.4 is 16.4 Å². The first kappa shape index (κ1) is 12.5. The molecule has 6 heteroatoms. The van der Waals surface area contributed by atoms with Crippen LogP contribution in [-0.2, 0) is 4.79 Å². The van der Waals surface area contributed by atoms with E-state index in [1.54, 1.807) is 30.3 Å². The molecule has 1 aromatic carbocycles. The van der Waals surface area contributed by atoms with E-state index in [2.05, 4.69) is 10.6 Å². The maximum Gasteiger partial charge on any atom is 0.251 e. The molecule has 17 heavy (non-hydrogen) atoms. The quantitative estimate of drug-likeness (QED) is 0.486. The fourth-order valence-corrected chi connectivity index (χ4v) is 1.10. The van der Waals surface area contributed by atoms with E-state index >= 15 is 0 Å². The molecule has 88 valence electrons. The number of nitrogen functional groups attached to an aromatic ring is 1. The Kier molecular flexibility index (Phi) is 4.51. The molecule has 1 aromatic rings. The maximum absolute atomic E-state index is 11.5. The molecule has 0 fully saturated rings. The second-order valence-electron chi connectivity index (χ2n) is 3.24. The predicted octanol–water partition coefficient (Wildman–Crippen LogP) is -0.362. The highest BCUT2D eigenvalue weighted by Gasteiger charge is 2.06. The molecule has 1 rings (SSSR count). The van der Waals surface area contributed by atoms with Gasteiger partial charge < -0.3 is 16.4 Å². The number of nitrogens with zero attached hydrogens (tertiary/aromatic N) is 1. The van der Waals surface area contributed by atoms with Crippen LogP contribution in [0.1, 0.15) is 10.4 Å². The van der Waals surface area contributed by atoms with Crippen LogP contribution in [0, 0.1) is 11.3 Å². The fraction of sp³-hybridized carbons (Fsp3) is 0.182. The van der Waals surface area contributed by atoms with E-state index in [0.717, 1.165) is 0 Å². The zero-order chi connectivity index (χ0) is 12.7. The second-order valence-corrected chi connectivity index (χ2v) is 3.24. The summed E-state index contributed by atoms with van der Waals surface area (Å²) in [6, 6.07) is 8.10. The largest absolute Gasteiger partial charge is 0.399 e. The monoisotopic (exact) mass is 232 g/mol. The minimum Gasteiger partial charge on any atom is -0.399 e. The van der Waals surface area contributed by atoms with E-state index in [0.29, 0.717) is 11.3 Å². The predicted molar refractivity (Wildman–Crippen MR) is 61.8 cm³/mol. The van der Waals surface area contributed by atoms with Gasteiger partial charge in [-0.1, -0.05) is 0 Å². The summed E-state index contributed by atoms with van der Waals surface area (Å²) in [6.07, 6.45) is 0. The molecule has 0 radical (unpaired) electrons. The average molecular weight is 232 g/mol. The van der Waals surface area contributed by atoms with Crippen LogP contribution in [0.3, 0.4) is 0 Å². The molecule has 0 spiro atoms. The summed E-state index contributed by atoms with van der Waals surface area (Å²) in [4.78, 5) is 22.6. The van der Waals surface area contributed by atoms with Crippen LogP contribution in [-0.4, -0.2) is 24.9 Å². The van der Waals surface area contributed by atoms with Crippen molar-refractivity contribution in [1.82, 2.24) is 10.6 Å². The van der Waals surface area contributed by atoms with Gasteiger partial charge in [0.1, 0.15) is 6.54 Å². The van der Waals surface area contributed by atoms with Crippen LogP contribution in [0.4, 0.5) is 5.69 Å². The molecule has 0 saturated carbocycles. The number of amides is 2. The summed E-state index contributed by atoms with van der Waals surface area (Å²) in [5.41, 5.74) is 6.46. The van der Waals surface area contributed by atoms with Crippen molar-refractivity contribution in [3.8, 4) is 6.07 Å². The van der Waals surface area contributed by atoms with Crippen molar-refractivity contribution in [2.24, 2.45) is 0 Å². The van der Waals surface area contributed by atoms with Crippen LogP contribution in [0.15, 0.2) is 24.3 Å². The van der Waals surface area contributed by atoms with E-state index in [4.69, 9.17) is 11.0 Å². The van der Waals surface area contributed by atoms with Gasteiger partial charge in [0.25, 0.3) is 5.91 Å². The van der Waals surface area contributed by atoms with Crippen molar-refractivity contribution in [3.63, 3.8) is 0 Å². The van der Waals surface area contributed by atoms with E-state index in [-0.39, 0.29) is 19.0 Å². The number of rotatable bonds is 4. The summed E-state index contributed by atoms with van der Waals surface area (Å²) in [5, 5.41) is 13.0. The highest BCUT2D eigenvalue weighted by molar-refractivity contribution is 5.96. The molecule has 0 aromatic heterocycles. The molecule has 2 amide bonds. The van der Waals surface area contributed by atoms with Gasteiger partial charge in [0.2, 0.25) is 5.91 Å². The second kappa shape index (κ2) is 6.12. The molecular weight excluding hydrogens is 220 g/mol. The third-order valence-electron chi connectivity index (χ3n) is 1.95. The Bertz CT molecular complexity index is 448. The number of benzene rings is 1. The Morgan fingerprint density at radius 2 is 1.88 bits per heavy atom. The maximum atomic E-state index is 11.5. The highest BCUT2D eigenvalue weighted by atomic mass is 16.2. The molecule has 0 saturated heterocycles. The van der Waals surface area contributed by atoms with Gasteiger partial charge in [-0.3, -0.25) is 9.59 Å². The van der Waals surface area contributed by atoms with Crippen LogP contribution in [0.5, 0.6) is 0 Å². The summed E-state index contributed by atoms with van der Waals surface area (Å²) in [7, 11) is 0. The van der Waals surface area contributed by atoms with Gasteiger partial charge in [0.15, 0.2) is 0 Å². The van der Waals surface area contributed by atoms with Crippen molar-refractivity contribution < 1.29 is 9.59 Å². The summed E-state index contributed by atoms with van der Waals surface area (Å²) >= 11 is 0. The average Bonchev–Trinajstić information content (AvgIpc) is 2.34. The van der Waals surface area contributed by atoms with Crippen molar-refractivity contribution in [2.75, 3.05) is 18.8 Å². The minimum atomic E-state index is -0.407. The van der Waals surface area contributed by atoms with Gasteiger partial charge in [-0.05, 0) is 24.3 Å². The topological polar surface area (TPSA) is 108 Å². The first-order valence-corrected chi connectivity index (χ1v) is 4.91. The molecule has 0 aliphatic rings. The third-order valence-corrected chi connectivity index (χ3v) is 1.95. The number of hydrogen-bond acceptors (Lipinski definition) is 4. The Morgan fingerprint density at radius 3 is 2.47 bits per heavy atom. The number of nitrogens with one attached hydrogen (secondary N) is 2. The number of hydrogen-bond donors (Lipinski definition) is 3. The summed E-state index contributed by atoms with van der Waals surface area (Å²) in [5.74, 6) is -0.771. The standard InChI is InChI=1S/C11H12N4O2/c12-5-6-14-10(16)7-15-11(17)8-1-3-9(13)4-2-8/h1-4H,6-7,13H2,(H,14,16)(H,15,17). The van der Waals surface area contributed by atoms with E-state index < -0.39 is 5.91 Å². The zero-order valence-electron chi connectivity index (χ0n) is 9.06. The Balaban J connectivity index is 2.42. The third kappa shape index (κ3) is 4.22. The van der Waals surface area contributed by atoms with Crippen LogP contribution >= 0.6 is 0 Å². The highest BCUT2D eigenvalue weighted by Crippen LogP contribution is 2.04. The molecule has 0 aliphatic heterocycles. The van der Waals surface area contributed by atoms with Crippen molar-refractivity contribution in [1.29, 1.82) is 5.26 Å². The summed E-state index contributed by atoms with van der Waals surface area (Å²) in [6.45, 7) is -0.235. The van der Waals surface area contributed by atoms with E-state index in [9.17, 15) is 9.59 Å². The van der Waals surface area contributed by atoms with Crippen molar-refractivity contribution >= 4 is 17.5 Å². The first-order valence-electron chi connectivity index (χ1n) is 4.91. The Hall–Kier alpha value is -2.55. The van der Waals surface area contributed by atoms with Gasteiger partial charge >= 0.3 is 0 Å². The number of nitrogens with two attached hydrogens (primary N) is 1. The molecule has 0 atom stereocenters. The molecule has 6 nitrogen and oxygen atoms in total.